The van der Waals surface area contributed by atoms with Gasteiger partial charge in [-0.1, -0.05) is 0 Å². The molecule has 7 unspecified atom stereocenters. The van der Waals surface area contributed by atoms with Crippen LogP contribution in [0.3, 0.4) is 0 Å². The standard InChI is InChI=1S/C33H40O21/c1-9-19(39)29(53-32-25(45)23(43)20(40)16(7-34)51-32)27(47)31(49-9)48-8-17-21(41)24(44)26(46)33(52-17)54-30-22(42)18-14(38)5-11(35)6-15(18)50-28(30)10-2-3-12(36)13(37)4-10/h2-6,9,16-17,19-21,23-27,29,31-41,43-47H,7-8H2,1H3/t9?,16?,17?,19-,20+,21-,23-,24?,25?,26?,27?,29-,31+,32-,33-/m0/s1. The Kier molecular flexibility index (Phi) is 11.5. The van der Waals surface area contributed by atoms with Crippen molar-refractivity contribution in [3.8, 4) is 40.1 Å². The second kappa shape index (κ2) is 15.7. The van der Waals surface area contributed by atoms with Crippen LogP contribution in [-0.2, 0) is 23.7 Å². The van der Waals surface area contributed by atoms with E-state index in [1.807, 2.05) is 0 Å². The normalized spacial score (nSPS) is 37.3. The number of fused-ring (bicyclic) bond motifs is 1. The van der Waals surface area contributed by atoms with Gasteiger partial charge in [-0.15, -0.1) is 0 Å². The van der Waals surface area contributed by atoms with Gasteiger partial charge in [-0.2, -0.15) is 0 Å². The number of rotatable bonds is 9. The third kappa shape index (κ3) is 7.39. The Hall–Kier alpha value is -3.91. The minimum Gasteiger partial charge on any atom is -0.508 e. The summed E-state index contributed by atoms with van der Waals surface area (Å²) in [5, 5.41) is 134. The molecule has 3 aromatic rings. The van der Waals surface area contributed by atoms with E-state index in [9.17, 15) is 71.2 Å². The maximum atomic E-state index is 13.8. The van der Waals surface area contributed by atoms with E-state index in [2.05, 4.69) is 0 Å². The Morgan fingerprint density at radius 3 is 1.98 bits per heavy atom. The van der Waals surface area contributed by atoms with Crippen LogP contribution in [0.15, 0.2) is 39.5 Å². The molecule has 0 spiro atoms. The smallest absolute Gasteiger partial charge is 0.239 e. The van der Waals surface area contributed by atoms with E-state index >= 15 is 0 Å². The summed E-state index contributed by atoms with van der Waals surface area (Å²) in [6.45, 7) is -0.138. The topological polar surface area (TPSA) is 349 Å². The lowest BCUT2D eigenvalue weighted by Gasteiger charge is -2.46. The molecule has 13 N–H and O–H groups in total. The Labute approximate surface area is 303 Å². The van der Waals surface area contributed by atoms with Crippen molar-refractivity contribution in [2.45, 2.75) is 99.0 Å². The monoisotopic (exact) mass is 772 g/mol. The fourth-order valence-corrected chi connectivity index (χ4v) is 6.32. The first kappa shape index (κ1) is 39.8. The van der Waals surface area contributed by atoms with Crippen molar-refractivity contribution in [1.29, 1.82) is 0 Å². The van der Waals surface area contributed by atoms with Gasteiger partial charge in [0.2, 0.25) is 17.5 Å². The molecule has 0 radical (unpaired) electrons. The zero-order valence-corrected chi connectivity index (χ0v) is 28.0. The highest BCUT2D eigenvalue weighted by Gasteiger charge is 2.51. The summed E-state index contributed by atoms with van der Waals surface area (Å²) >= 11 is 0. The van der Waals surface area contributed by atoms with E-state index in [1.54, 1.807) is 0 Å². The number of hydrogen-bond acceptors (Lipinski definition) is 21. The minimum absolute atomic E-state index is 0.0758. The molecule has 6 rings (SSSR count). The molecule has 21 heteroatoms. The molecular weight excluding hydrogens is 732 g/mol. The molecule has 3 aliphatic rings. The molecule has 0 saturated carbocycles. The van der Waals surface area contributed by atoms with Gasteiger partial charge in [0.1, 0.15) is 89.6 Å². The van der Waals surface area contributed by atoms with Crippen molar-refractivity contribution in [1.82, 2.24) is 0 Å². The van der Waals surface area contributed by atoms with E-state index < -0.39 is 151 Å². The first-order valence-electron chi connectivity index (χ1n) is 16.5. The second-order valence-corrected chi connectivity index (χ2v) is 13.1. The van der Waals surface area contributed by atoms with E-state index in [-0.39, 0.29) is 11.1 Å². The number of phenols is 4. The third-order valence-corrected chi connectivity index (χ3v) is 9.40. The second-order valence-electron chi connectivity index (χ2n) is 13.1. The van der Waals surface area contributed by atoms with E-state index in [1.165, 1.54) is 13.0 Å². The summed E-state index contributed by atoms with van der Waals surface area (Å²) in [5.74, 6) is -3.58. The minimum atomic E-state index is -2.05. The van der Waals surface area contributed by atoms with Crippen molar-refractivity contribution in [2.24, 2.45) is 0 Å². The highest BCUT2D eigenvalue weighted by atomic mass is 16.7. The molecule has 3 aliphatic heterocycles. The SMILES string of the molecule is CC1O[C@@H](OCC2O[C@@H](Oc3c(-c4ccc(O)c(O)c4)oc4cc(O)cc(O)c4c3=O)C(O)C(O)[C@H]2O)C(O)[C@@H](O[C@@H]2OC(CO)[C@@H](O)[C@H](O)C2O)[C@H]1O. The maximum Gasteiger partial charge on any atom is 0.239 e. The average Bonchev–Trinajstić information content (AvgIpc) is 3.13. The number of aliphatic hydroxyl groups excluding tert-OH is 9. The molecule has 15 atom stereocenters. The van der Waals surface area contributed by atoms with Crippen LogP contribution in [0.2, 0.25) is 0 Å². The van der Waals surface area contributed by atoms with E-state index in [4.69, 9.17) is 32.8 Å². The molecule has 4 heterocycles. The predicted octanol–water partition coefficient (Wildman–Crippen LogP) is -3.86. The molecule has 0 amide bonds. The first-order chi connectivity index (χ1) is 25.5. The number of aliphatic hydroxyl groups is 9. The van der Waals surface area contributed by atoms with E-state index in [0.29, 0.717) is 0 Å². The van der Waals surface area contributed by atoms with Gasteiger partial charge in [-0.3, -0.25) is 4.79 Å². The van der Waals surface area contributed by atoms with Crippen molar-refractivity contribution in [2.75, 3.05) is 13.2 Å². The highest BCUT2D eigenvalue weighted by molar-refractivity contribution is 5.88. The molecular formula is C33H40O21. The lowest BCUT2D eigenvalue weighted by Crippen LogP contribution is -2.64. The van der Waals surface area contributed by atoms with Crippen LogP contribution >= 0.6 is 0 Å². The predicted molar refractivity (Wildman–Crippen MR) is 173 cm³/mol. The maximum absolute atomic E-state index is 13.8. The van der Waals surface area contributed by atoms with Gasteiger partial charge in [0.05, 0.1) is 19.3 Å². The van der Waals surface area contributed by atoms with Crippen LogP contribution in [-0.4, -0.2) is 172 Å². The molecule has 3 fully saturated rings. The molecule has 2 aromatic carbocycles. The van der Waals surface area contributed by atoms with Gasteiger partial charge in [0.15, 0.2) is 29.8 Å². The number of aromatic hydroxyl groups is 4. The molecule has 1 aromatic heterocycles. The Balaban J connectivity index is 1.23. The quantitative estimate of drug-likeness (QED) is 0.0925. The average molecular weight is 773 g/mol. The summed E-state index contributed by atoms with van der Waals surface area (Å²) in [6, 6.07) is 5.10. The summed E-state index contributed by atoms with van der Waals surface area (Å²) < 4.78 is 39.3. The van der Waals surface area contributed by atoms with Crippen LogP contribution < -0.4 is 10.2 Å². The zero-order chi connectivity index (χ0) is 39.3. The van der Waals surface area contributed by atoms with Crippen molar-refractivity contribution >= 4 is 11.0 Å². The number of phenolic OH excluding ortho intramolecular Hbond substituents is 4. The van der Waals surface area contributed by atoms with Crippen LogP contribution in [0.1, 0.15) is 6.92 Å². The van der Waals surface area contributed by atoms with Gasteiger partial charge < -0.3 is 99.2 Å². The van der Waals surface area contributed by atoms with Crippen LogP contribution in [0.5, 0.6) is 28.7 Å². The van der Waals surface area contributed by atoms with Crippen LogP contribution in [0.25, 0.3) is 22.3 Å². The highest BCUT2D eigenvalue weighted by Crippen LogP contribution is 2.40. The largest absolute Gasteiger partial charge is 0.508 e. The molecule has 0 bridgehead atoms. The lowest BCUT2D eigenvalue weighted by atomic mass is 9.97. The van der Waals surface area contributed by atoms with Gasteiger partial charge in [0.25, 0.3) is 0 Å². The van der Waals surface area contributed by atoms with Crippen molar-refractivity contribution < 1.29 is 99.2 Å². The van der Waals surface area contributed by atoms with Gasteiger partial charge in [-0.25, -0.2) is 0 Å². The Morgan fingerprint density at radius 1 is 0.667 bits per heavy atom. The number of benzene rings is 2. The lowest BCUT2D eigenvalue weighted by molar-refractivity contribution is -0.361. The molecule has 3 saturated heterocycles. The molecule has 54 heavy (non-hydrogen) atoms. The summed E-state index contributed by atoms with van der Waals surface area (Å²) in [5.41, 5.74) is -1.48. The molecule has 21 nitrogen and oxygen atoms in total. The number of hydrogen-bond donors (Lipinski definition) is 13. The van der Waals surface area contributed by atoms with Crippen molar-refractivity contribution in [3.63, 3.8) is 0 Å². The number of ether oxygens (including phenoxy) is 6. The molecule has 298 valence electrons. The summed E-state index contributed by atoms with van der Waals surface area (Å²) in [4.78, 5) is 13.8. The zero-order valence-electron chi connectivity index (χ0n) is 28.0. The van der Waals surface area contributed by atoms with Crippen LogP contribution in [0, 0.1) is 0 Å². The summed E-state index contributed by atoms with van der Waals surface area (Å²) in [6.07, 6.45) is -26.0. The Bertz CT molecular complexity index is 1850. The van der Waals surface area contributed by atoms with Crippen molar-refractivity contribution in [3.05, 3.63) is 40.6 Å². The van der Waals surface area contributed by atoms with Crippen LogP contribution in [0.4, 0.5) is 0 Å². The first-order valence-corrected chi connectivity index (χ1v) is 16.5. The summed E-state index contributed by atoms with van der Waals surface area (Å²) in [7, 11) is 0. The molecule has 0 aliphatic carbocycles. The fraction of sp³-hybridized carbons (Fsp3) is 0.545. The van der Waals surface area contributed by atoms with E-state index in [0.717, 1.165) is 24.3 Å². The fourth-order valence-electron chi connectivity index (χ4n) is 6.32. The van der Waals surface area contributed by atoms with Gasteiger partial charge in [0, 0.05) is 17.7 Å². The third-order valence-electron chi connectivity index (χ3n) is 9.40. The van der Waals surface area contributed by atoms with Gasteiger partial charge >= 0.3 is 0 Å². The van der Waals surface area contributed by atoms with Gasteiger partial charge in [-0.05, 0) is 25.1 Å². The Morgan fingerprint density at radius 2 is 1.31 bits per heavy atom.